The van der Waals surface area contributed by atoms with Crippen LogP contribution in [0, 0.1) is 0 Å². The van der Waals surface area contributed by atoms with Crippen molar-refractivity contribution in [3.8, 4) is 0 Å². The number of aliphatic carboxylic acids is 1. The third-order valence-electron chi connectivity index (χ3n) is 3.73. The van der Waals surface area contributed by atoms with Gasteiger partial charge in [0.15, 0.2) is 0 Å². The summed E-state index contributed by atoms with van der Waals surface area (Å²) in [6.45, 7) is 4.66. The van der Waals surface area contributed by atoms with Gasteiger partial charge >= 0.3 is 12.0 Å². The zero-order valence-electron chi connectivity index (χ0n) is 11.7. The molecular formula is C13H24N2O4. The van der Waals surface area contributed by atoms with E-state index >= 15 is 0 Å². The number of carboxylic acids is 1. The van der Waals surface area contributed by atoms with Crippen LogP contribution in [0.3, 0.4) is 0 Å². The van der Waals surface area contributed by atoms with Crippen LogP contribution in [-0.2, 0) is 9.53 Å². The highest BCUT2D eigenvalue weighted by molar-refractivity contribution is 5.86. The summed E-state index contributed by atoms with van der Waals surface area (Å²) in [5, 5.41) is 14.5. The van der Waals surface area contributed by atoms with E-state index in [4.69, 9.17) is 4.74 Å². The zero-order valence-corrected chi connectivity index (χ0v) is 11.7. The van der Waals surface area contributed by atoms with Crippen molar-refractivity contribution in [3.63, 3.8) is 0 Å². The first kappa shape index (κ1) is 15.8. The Kier molecular flexibility index (Phi) is 6.08. The fourth-order valence-corrected chi connectivity index (χ4v) is 2.22. The molecule has 1 atom stereocenters. The second-order valence-electron chi connectivity index (χ2n) is 4.92. The number of ether oxygens (including phenoxy) is 1. The average molecular weight is 272 g/mol. The zero-order chi connectivity index (χ0) is 14.3. The number of amides is 2. The SMILES string of the molecule is CCC(CC)(NC(=O)NCC1CCCCO1)C(=O)O. The van der Waals surface area contributed by atoms with Crippen molar-refractivity contribution in [2.75, 3.05) is 13.2 Å². The monoisotopic (exact) mass is 272 g/mol. The smallest absolute Gasteiger partial charge is 0.329 e. The number of rotatable bonds is 6. The highest BCUT2D eigenvalue weighted by Crippen LogP contribution is 2.15. The molecule has 1 saturated heterocycles. The Balaban J connectivity index is 2.42. The summed E-state index contributed by atoms with van der Waals surface area (Å²) in [5.41, 5.74) is -1.18. The number of nitrogens with one attached hydrogen (secondary N) is 2. The minimum atomic E-state index is -1.18. The number of hydrogen-bond acceptors (Lipinski definition) is 3. The molecule has 0 aromatic rings. The molecule has 6 nitrogen and oxygen atoms in total. The lowest BCUT2D eigenvalue weighted by molar-refractivity contribution is -0.144. The van der Waals surface area contributed by atoms with Crippen LogP contribution in [0.15, 0.2) is 0 Å². The molecule has 0 radical (unpaired) electrons. The highest BCUT2D eigenvalue weighted by Gasteiger charge is 2.36. The maximum atomic E-state index is 11.8. The second kappa shape index (κ2) is 7.33. The predicted octanol–water partition coefficient (Wildman–Crippen LogP) is 1.50. The lowest BCUT2D eigenvalue weighted by atomic mass is 9.93. The molecule has 0 bridgehead atoms. The van der Waals surface area contributed by atoms with Gasteiger partial charge in [0.25, 0.3) is 0 Å². The number of carbonyl (C=O) groups excluding carboxylic acids is 1. The van der Waals surface area contributed by atoms with Crippen molar-refractivity contribution in [2.45, 2.75) is 57.6 Å². The molecule has 0 aromatic heterocycles. The average Bonchev–Trinajstić information content (AvgIpc) is 2.43. The molecule has 1 unspecified atom stereocenters. The van der Waals surface area contributed by atoms with Crippen molar-refractivity contribution in [1.82, 2.24) is 10.6 Å². The summed E-state index contributed by atoms with van der Waals surface area (Å²) in [7, 11) is 0. The summed E-state index contributed by atoms with van der Waals surface area (Å²) in [4.78, 5) is 23.0. The van der Waals surface area contributed by atoms with Crippen LogP contribution < -0.4 is 10.6 Å². The Hall–Kier alpha value is -1.30. The van der Waals surface area contributed by atoms with Crippen molar-refractivity contribution in [1.29, 1.82) is 0 Å². The Morgan fingerprint density at radius 1 is 1.32 bits per heavy atom. The summed E-state index contributed by atoms with van der Waals surface area (Å²) in [5.74, 6) is -0.999. The first-order valence-electron chi connectivity index (χ1n) is 6.95. The molecule has 1 rings (SSSR count). The second-order valence-corrected chi connectivity index (χ2v) is 4.92. The summed E-state index contributed by atoms with van der Waals surface area (Å²) >= 11 is 0. The van der Waals surface area contributed by atoms with Gasteiger partial charge in [-0.2, -0.15) is 0 Å². The maximum absolute atomic E-state index is 11.8. The largest absolute Gasteiger partial charge is 0.480 e. The van der Waals surface area contributed by atoms with Gasteiger partial charge in [0.05, 0.1) is 6.10 Å². The van der Waals surface area contributed by atoms with Crippen molar-refractivity contribution < 1.29 is 19.4 Å². The normalized spacial score (nSPS) is 19.8. The topological polar surface area (TPSA) is 87.7 Å². The molecule has 1 aliphatic heterocycles. The molecule has 0 aliphatic carbocycles. The van der Waals surface area contributed by atoms with Crippen LogP contribution in [0.2, 0.25) is 0 Å². The minimum Gasteiger partial charge on any atom is -0.480 e. The standard InChI is InChI=1S/C13H24N2O4/c1-3-13(4-2,11(16)17)15-12(18)14-9-10-7-5-6-8-19-10/h10H,3-9H2,1-2H3,(H,16,17)(H2,14,15,18). The molecule has 2 amide bonds. The van der Waals surface area contributed by atoms with Gasteiger partial charge in [-0.25, -0.2) is 9.59 Å². The van der Waals surface area contributed by atoms with E-state index in [1.807, 2.05) is 0 Å². The number of urea groups is 1. The van der Waals surface area contributed by atoms with Gasteiger partial charge in [-0.05, 0) is 32.1 Å². The molecule has 6 heteroatoms. The van der Waals surface area contributed by atoms with Crippen LogP contribution in [0.5, 0.6) is 0 Å². The van der Waals surface area contributed by atoms with E-state index in [0.717, 1.165) is 25.9 Å². The molecule has 1 aliphatic rings. The van der Waals surface area contributed by atoms with Crippen molar-refractivity contribution in [3.05, 3.63) is 0 Å². The lowest BCUT2D eigenvalue weighted by Gasteiger charge is -2.29. The molecule has 1 fully saturated rings. The van der Waals surface area contributed by atoms with Gasteiger partial charge < -0.3 is 20.5 Å². The van der Waals surface area contributed by atoms with Gasteiger partial charge in [-0.1, -0.05) is 13.8 Å². The predicted molar refractivity (Wildman–Crippen MR) is 71.1 cm³/mol. The van der Waals surface area contributed by atoms with Gasteiger partial charge in [-0.15, -0.1) is 0 Å². The number of hydrogen-bond donors (Lipinski definition) is 3. The van der Waals surface area contributed by atoms with Crippen LogP contribution in [0.4, 0.5) is 4.79 Å². The highest BCUT2D eigenvalue weighted by atomic mass is 16.5. The Morgan fingerprint density at radius 3 is 2.47 bits per heavy atom. The first-order valence-corrected chi connectivity index (χ1v) is 6.95. The van der Waals surface area contributed by atoms with E-state index in [-0.39, 0.29) is 6.10 Å². The molecule has 0 saturated carbocycles. The first-order chi connectivity index (χ1) is 9.04. The Bertz CT molecular complexity index is 310. The van der Waals surface area contributed by atoms with E-state index in [1.165, 1.54) is 0 Å². The van der Waals surface area contributed by atoms with E-state index in [0.29, 0.717) is 19.4 Å². The fourth-order valence-electron chi connectivity index (χ4n) is 2.22. The molecule has 3 N–H and O–H groups in total. The molecule has 0 aromatic carbocycles. The van der Waals surface area contributed by atoms with Crippen LogP contribution in [-0.4, -0.2) is 41.9 Å². The molecule has 19 heavy (non-hydrogen) atoms. The van der Waals surface area contributed by atoms with Gasteiger partial charge in [-0.3, -0.25) is 0 Å². The molecule has 1 heterocycles. The van der Waals surface area contributed by atoms with E-state index in [9.17, 15) is 14.7 Å². The third kappa shape index (κ3) is 4.38. The van der Waals surface area contributed by atoms with Crippen LogP contribution in [0.25, 0.3) is 0 Å². The number of carboxylic acid groups (broad SMARTS) is 1. The van der Waals surface area contributed by atoms with Gasteiger partial charge in [0.2, 0.25) is 0 Å². The van der Waals surface area contributed by atoms with Crippen LogP contribution >= 0.6 is 0 Å². The molecule has 110 valence electrons. The van der Waals surface area contributed by atoms with E-state index in [1.54, 1.807) is 13.8 Å². The van der Waals surface area contributed by atoms with Gasteiger partial charge in [0, 0.05) is 13.2 Å². The Morgan fingerprint density at radius 2 is 2.00 bits per heavy atom. The lowest BCUT2D eigenvalue weighted by Crippen LogP contribution is -2.57. The van der Waals surface area contributed by atoms with E-state index < -0.39 is 17.5 Å². The minimum absolute atomic E-state index is 0.0435. The summed E-state index contributed by atoms with van der Waals surface area (Å²) < 4.78 is 5.50. The third-order valence-corrected chi connectivity index (χ3v) is 3.73. The maximum Gasteiger partial charge on any atom is 0.329 e. The number of carbonyl (C=O) groups is 2. The fraction of sp³-hybridized carbons (Fsp3) is 0.846. The van der Waals surface area contributed by atoms with Crippen molar-refractivity contribution in [2.24, 2.45) is 0 Å². The quantitative estimate of drug-likeness (QED) is 0.683. The Labute approximate surface area is 113 Å². The van der Waals surface area contributed by atoms with Gasteiger partial charge in [0.1, 0.15) is 5.54 Å². The summed E-state index contributed by atoms with van der Waals surface area (Å²) in [6, 6.07) is -0.444. The molecular weight excluding hydrogens is 248 g/mol. The van der Waals surface area contributed by atoms with E-state index in [2.05, 4.69) is 10.6 Å². The molecule has 0 spiro atoms. The van der Waals surface area contributed by atoms with Crippen molar-refractivity contribution >= 4 is 12.0 Å². The van der Waals surface area contributed by atoms with Crippen LogP contribution in [0.1, 0.15) is 46.0 Å². The summed E-state index contributed by atoms with van der Waals surface area (Å²) in [6.07, 6.45) is 3.86.